The van der Waals surface area contributed by atoms with Crippen molar-refractivity contribution in [3.63, 3.8) is 0 Å². The molecule has 3 rings (SSSR count). The van der Waals surface area contributed by atoms with E-state index in [0.29, 0.717) is 0 Å². The van der Waals surface area contributed by atoms with Crippen molar-refractivity contribution in [2.75, 3.05) is 6.61 Å². The first-order valence-corrected chi connectivity index (χ1v) is 14.7. The van der Waals surface area contributed by atoms with E-state index in [1.54, 1.807) is 4.88 Å². The van der Waals surface area contributed by atoms with Crippen LogP contribution in [0.15, 0.2) is 36.4 Å². The standard InChI is InChI=1S/C29H42OS2/c1-3-5-7-8-9-10-11-12-13-15-21-30-25-19-17-24(18-20-25)27-23-29-28(32-27)22-26(31-29)16-14-6-4-2/h17-20,22-23H,3-16,21H2,1-2H3. The molecule has 1 nitrogen and oxygen atoms in total. The zero-order chi connectivity index (χ0) is 22.4. The molecule has 0 fully saturated rings. The highest BCUT2D eigenvalue weighted by atomic mass is 32.1. The van der Waals surface area contributed by atoms with Crippen LogP contribution in [0.4, 0.5) is 0 Å². The number of thiophene rings is 2. The van der Waals surface area contributed by atoms with E-state index in [0.717, 1.165) is 12.4 Å². The van der Waals surface area contributed by atoms with Gasteiger partial charge in [0, 0.05) is 19.2 Å². The summed E-state index contributed by atoms with van der Waals surface area (Å²) < 4.78 is 8.87. The maximum atomic E-state index is 5.98. The number of unbranched alkanes of at least 4 members (excludes halogenated alkanes) is 11. The number of hydrogen-bond donors (Lipinski definition) is 0. The molecule has 0 atom stereocenters. The van der Waals surface area contributed by atoms with Gasteiger partial charge in [0.15, 0.2) is 0 Å². The van der Waals surface area contributed by atoms with E-state index in [-0.39, 0.29) is 0 Å². The average Bonchev–Trinajstić information content (AvgIpc) is 3.37. The molecule has 0 aliphatic carbocycles. The predicted octanol–water partition coefficient (Wildman–Crippen LogP) is 10.7. The van der Waals surface area contributed by atoms with Crippen molar-refractivity contribution in [1.29, 1.82) is 0 Å². The summed E-state index contributed by atoms with van der Waals surface area (Å²) in [4.78, 5) is 2.91. The number of aryl methyl sites for hydroxylation is 1. The molecule has 0 N–H and O–H groups in total. The summed E-state index contributed by atoms with van der Waals surface area (Å²) in [6.45, 7) is 5.39. The lowest BCUT2D eigenvalue weighted by Gasteiger charge is -2.07. The molecule has 0 spiro atoms. The smallest absolute Gasteiger partial charge is 0.119 e. The third-order valence-corrected chi connectivity index (χ3v) is 8.59. The molecule has 3 aromatic rings. The van der Waals surface area contributed by atoms with Gasteiger partial charge in [-0.1, -0.05) is 84.5 Å². The van der Waals surface area contributed by atoms with Gasteiger partial charge in [-0.25, -0.2) is 0 Å². The monoisotopic (exact) mass is 470 g/mol. The molecule has 2 heterocycles. The Labute approximate surface area is 204 Å². The lowest BCUT2D eigenvalue weighted by molar-refractivity contribution is 0.304. The minimum absolute atomic E-state index is 0.839. The van der Waals surface area contributed by atoms with Gasteiger partial charge >= 0.3 is 0 Å². The summed E-state index contributed by atoms with van der Waals surface area (Å²) in [5.41, 5.74) is 1.30. The van der Waals surface area contributed by atoms with E-state index >= 15 is 0 Å². The van der Waals surface area contributed by atoms with Gasteiger partial charge < -0.3 is 4.74 Å². The zero-order valence-corrected chi connectivity index (χ0v) is 21.9. The van der Waals surface area contributed by atoms with Crippen LogP contribution in [-0.4, -0.2) is 6.61 Å². The Morgan fingerprint density at radius 2 is 1.22 bits per heavy atom. The lowest BCUT2D eigenvalue weighted by Crippen LogP contribution is -1.97. The van der Waals surface area contributed by atoms with Crippen LogP contribution in [0, 0.1) is 0 Å². The Balaban J connectivity index is 1.33. The van der Waals surface area contributed by atoms with Gasteiger partial charge in [-0.3, -0.25) is 0 Å². The van der Waals surface area contributed by atoms with Gasteiger partial charge in [-0.15, -0.1) is 22.7 Å². The Hall–Kier alpha value is -1.32. The number of hydrogen-bond acceptors (Lipinski definition) is 3. The van der Waals surface area contributed by atoms with Gasteiger partial charge in [-0.2, -0.15) is 0 Å². The molecule has 0 bridgehead atoms. The van der Waals surface area contributed by atoms with Crippen LogP contribution in [0.2, 0.25) is 0 Å². The molecule has 0 saturated carbocycles. The van der Waals surface area contributed by atoms with Crippen LogP contribution in [-0.2, 0) is 6.42 Å². The van der Waals surface area contributed by atoms with Crippen molar-refractivity contribution < 1.29 is 4.74 Å². The minimum Gasteiger partial charge on any atom is -0.494 e. The number of rotatable bonds is 17. The van der Waals surface area contributed by atoms with E-state index in [1.165, 1.54) is 110 Å². The third kappa shape index (κ3) is 8.56. The van der Waals surface area contributed by atoms with E-state index in [9.17, 15) is 0 Å². The molecule has 0 saturated heterocycles. The first-order chi connectivity index (χ1) is 15.8. The SMILES string of the molecule is CCCCCCCCCCCCOc1ccc(-c2cc3sc(CCCCC)cc3s2)cc1. The molecule has 0 radical (unpaired) electrons. The second-order valence-corrected chi connectivity index (χ2v) is 11.3. The Morgan fingerprint density at radius 3 is 1.88 bits per heavy atom. The van der Waals surface area contributed by atoms with Crippen LogP contribution in [0.1, 0.15) is 102 Å². The van der Waals surface area contributed by atoms with Gasteiger partial charge in [0.1, 0.15) is 5.75 Å². The highest BCUT2D eigenvalue weighted by molar-refractivity contribution is 7.29. The fourth-order valence-corrected chi connectivity index (χ4v) is 6.66. The molecule has 3 heteroatoms. The highest BCUT2D eigenvalue weighted by Crippen LogP contribution is 2.39. The Bertz CT molecular complexity index is 843. The molecular formula is C29H42OS2. The molecule has 1 aromatic carbocycles. The van der Waals surface area contributed by atoms with Crippen LogP contribution >= 0.6 is 22.7 Å². The maximum Gasteiger partial charge on any atom is 0.119 e. The van der Waals surface area contributed by atoms with Gasteiger partial charge in [0.2, 0.25) is 0 Å². The number of ether oxygens (including phenoxy) is 1. The Morgan fingerprint density at radius 1 is 0.625 bits per heavy atom. The second-order valence-electron chi connectivity index (χ2n) is 9.06. The molecule has 0 unspecified atom stereocenters. The van der Waals surface area contributed by atoms with Gasteiger partial charge in [0.25, 0.3) is 0 Å². The third-order valence-electron chi connectivity index (χ3n) is 6.19. The minimum atomic E-state index is 0.839. The van der Waals surface area contributed by atoms with Crippen molar-refractivity contribution in [2.45, 2.75) is 104 Å². The van der Waals surface area contributed by atoms with Crippen LogP contribution < -0.4 is 4.74 Å². The second kappa shape index (κ2) is 14.8. The van der Waals surface area contributed by atoms with Crippen molar-refractivity contribution >= 4 is 32.1 Å². The van der Waals surface area contributed by atoms with E-state index in [2.05, 4.69) is 50.2 Å². The first kappa shape index (κ1) is 25.3. The predicted molar refractivity (Wildman–Crippen MR) is 146 cm³/mol. The van der Waals surface area contributed by atoms with Crippen LogP contribution in [0.25, 0.3) is 19.8 Å². The van der Waals surface area contributed by atoms with Gasteiger partial charge in [-0.05, 0) is 61.2 Å². The molecule has 0 aliphatic rings. The van der Waals surface area contributed by atoms with Crippen LogP contribution in [0.5, 0.6) is 5.75 Å². The zero-order valence-electron chi connectivity index (χ0n) is 20.3. The average molecular weight is 471 g/mol. The normalized spacial score (nSPS) is 11.4. The Kier molecular flexibility index (Phi) is 11.7. The lowest BCUT2D eigenvalue weighted by atomic mass is 10.1. The fourth-order valence-electron chi connectivity index (χ4n) is 4.20. The van der Waals surface area contributed by atoms with Crippen molar-refractivity contribution in [2.24, 2.45) is 0 Å². The summed E-state index contributed by atoms with van der Waals surface area (Å²) in [6, 6.07) is 13.5. The molecule has 0 aliphatic heterocycles. The summed E-state index contributed by atoms with van der Waals surface area (Å²) in [5, 5.41) is 0. The first-order valence-electron chi connectivity index (χ1n) is 13.1. The van der Waals surface area contributed by atoms with E-state index in [1.807, 2.05) is 22.7 Å². The summed E-state index contributed by atoms with van der Waals surface area (Å²) in [6.07, 6.45) is 18.8. The van der Waals surface area contributed by atoms with Crippen LogP contribution in [0.3, 0.4) is 0 Å². The quantitative estimate of drug-likeness (QED) is 0.178. The van der Waals surface area contributed by atoms with Crippen molar-refractivity contribution in [3.8, 4) is 16.2 Å². The topological polar surface area (TPSA) is 9.23 Å². The van der Waals surface area contributed by atoms with E-state index < -0.39 is 0 Å². The van der Waals surface area contributed by atoms with Crippen molar-refractivity contribution in [3.05, 3.63) is 41.3 Å². The van der Waals surface area contributed by atoms with E-state index in [4.69, 9.17) is 4.74 Å². The summed E-state index contributed by atoms with van der Waals surface area (Å²) >= 11 is 3.90. The molecule has 0 amide bonds. The molecule has 32 heavy (non-hydrogen) atoms. The molecular weight excluding hydrogens is 428 g/mol. The van der Waals surface area contributed by atoms with Gasteiger partial charge in [0.05, 0.1) is 6.61 Å². The fraction of sp³-hybridized carbons (Fsp3) is 0.586. The largest absolute Gasteiger partial charge is 0.494 e. The summed E-state index contributed by atoms with van der Waals surface area (Å²) in [7, 11) is 0. The molecule has 176 valence electrons. The number of benzene rings is 1. The maximum absolute atomic E-state index is 5.98. The number of fused-ring (bicyclic) bond motifs is 1. The summed E-state index contributed by atoms with van der Waals surface area (Å²) in [5.74, 6) is 1.00. The highest BCUT2D eigenvalue weighted by Gasteiger charge is 2.09. The molecule has 2 aromatic heterocycles. The van der Waals surface area contributed by atoms with Crippen molar-refractivity contribution in [1.82, 2.24) is 0 Å².